The average molecular weight is 261 g/mol. The van der Waals surface area contributed by atoms with Crippen molar-refractivity contribution in [2.24, 2.45) is 0 Å². The maximum atomic E-state index is 5.92. The molecule has 2 rings (SSSR count). The van der Waals surface area contributed by atoms with E-state index in [2.05, 4.69) is 38.2 Å². The first-order chi connectivity index (χ1) is 9.08. The van der Waals surface area contributed by atoms with Gasteiger partial charge in [-0.3, -0.25) is 0 Å². The summed E-state index contributed by atoms with van der Waals surface area (Å²) in [6.45, 7) is 11.2. The van der Waals surface area contributed by atoms with Crippen molar-refractivity contribution in [1.82, 2.24) is 5.32 Å². The first-order valence-corrected chi connectivity index (χ1v) is 6.96. The first kappa shape index (κ1) is 13.9. The molecule has 3 heteroatoms. The Morgan fingerprint density at radius 2 is 1.79 bits per heavy atom. The van der Waals surface area contributed by atoms with E-state index in [0.29, 0.717) is 0 Å². The highest BCUT2D eigenvalue weighted by Crippen LogP contribution is 2.32. The van der Waals surface area contributed by atoms with Crippen LogP contribution in [0.3, 0.4) is 0 Å². The predicted molar refractivity (Wildman–Crippen MR) is 76.5 cm³/mol. The summed E-state index contributed by atoms with van der Waals surface area (Å²) in [4.78, 5) is 0. The van der Waals surface area contributed by atoms with E-state index in [-0.39, 0.29) is 6.04 Å². The summed E-state index contributed by atoms with van der Waals surface area (Å²) in [5.74, 6) is 3.94. The molecular weight excluding hydrogens is 238 g/mol. The van der Waals surface area contributed by atoms with E-state index in [0.717, 1.165) is 36.0 Å². The van der Waals surface area contributed by atoms with E-state index in [4.69, 9.17) is 8.83 Å². The maximum absolute atomic E-state index is 5.92. The average Bonchev–Trinajstić information content (AvgIpc) is 2.94. The molecule has 0 aromatic carbocycles. The molecular formula is C16H23NO2. The number of hydrogen-bond donors (Lipinski definition) is 1. The van der Waals surface area contributed by atoms with Gasteiger partial charge >= 0.3 is 0 Å². The van der Waals surface area contributed by atoms with Crippen LogP contribution in [0.4, 0.5) is 0 Å². The monoisotopic (exact) mass is 261 g/mol. The fourth-order valence-electron chi connectivity index (χ4n) is 2.52. The molecule has 0 bridgehead atoms. The number of nitrogens with one attached hydrogen (secondary N) is 1. The van der Waals surface area contributed by atoms with Crippen molar-refractivity contribution >= 4 is 0 Å². The first-order valence-electron chi connectivity index (χ1n) is 6.96. The van der Waals surface area contributed by atoms with Crippen LogP contribution >= 0.6 is 0 Å². The number of furan rings is 2. The van der Waals surface area contributed by atoms with Gasteiger partial charge in [-0.25, -0.2) is 0 Å². The number of aryl methyl sites for hydroxylation is 3. The van der Waals surface area contributed by atoms with Gasteiger partial charge in [0, 0.05) is 12.0 Å². The molecule has 0 fully saturated rings. The zero-order chi connectivity index (χ0) is 14.0. The highest BCUT2D eigenvalue weighted by molar-refractivity contribution is 5.38. The second-order valence-corrected chi connectivity index (χ2v) is 4.90. The summed E-state index contributed by atoms with van der Waals surface area (Å²) in [5.41, 5.74) is 2.41. The van der Waals surface area contributed by atoms with E-state index in [1.165, 1.54) is 11.1 Å². The van der Waals surface area contributed by atoms with Gasteiger partial charge in [0.1, 0.15) is 23.0 Å². The van der Waals surface area contributed by atoms with Crippen molar-refractivity contribution in [3.63, 3.8) is 0 Å². The van der Waals surface area contributed by atoms with Crippen LogP contribution in [-0.2, 0) is 6.42 Å². The van der Waals surface area contributed by atoms with Crippen LogP contribution < -0.4 is 5.32 Å². The van der Waals surface area contributed by atoms with Gasteiger partial charge in [0.25, 0.3) is 0 Å². The topological polar surface area (TPSA) is 38.3 Å². The molecule has 1 unspecified atom stereocenters. The maximum Gasteiger partial charge on any atom is 0.125 e. The van der Waals surface area contributed by atoms with Gasteiger partial charge < -0.3 is 14.2 Å². The Bertz CT molecular complexity index is 551. The third-order valence-corrected chi connectivity index (χ3v) is 3.63. The molecule has 2 aromatic rings. The minimum atomic E-state index is 0.0720. The van der Waals surface area contributed by atoms with Gasteiger partial charge in [-0.1, -0.05) is 13.8 Å². The molecule has 0 radical (unpaired) electrons. The van der Waals surface area contributed by atoms with E-state index in [1.807, 2.05) is 13.8 Å². The van der Waals surface area contributed by atoms with E-state index in [9.17, 15) is 0 Å². The summed E-state index contributed by atoms with van der Waals surface area (Å²) in [6.07, 6.45) is 0.918. The van der Waals surface area contributed by atoms with Crippen LogP contribution in [0.15, 0.2) is 21.0 Å². The van der Waals surface area contributed by atoms with Crippen LogP contribution in [0, 0.1) is 20.8 Å². The molecule has 19 heavy (non-hydrogen) atoms. The van der Waals surface area contributed by atoms with Gasteiger partial charge in [0.15, 0.2) is 0 Å². The Hall–Kier alpha value is -1.48. The lowest BCUT2D eigenvalue weighted by Gasteiger charge is -2.16. The molecule has 2 aromatic heterocycles. The van der Waals surface area contributed by atoms with Crippen LogP contribution in [0.2, 0.25) is 0 Å². The Morgan fingerprint density at radius 3 is 2.26 bits per heavy atom. The molecule has 0 aliphatic rings. The summed E-state index contributed by atoms with van der Waals surface area (Å²) >= 11 is 0. The molecule has 1 N–H and O–H groups in total. The fraction of sp³-hybridized carbons (Fsp3) is 0.500. The van der Waals surface area contributed by atoms with Gasteiger partial charge in [0.2, 0.25) is 0 Å². The van der Waals surface area contributed by atoms with Crippen LogP contribution in [0.25, 0.3) is 0 Å². The molecule has 104 valence electrons. The smallest absolute Gasteiger partial charge is 0.125 e. The Labute approximate surface area is 115 Å². The van der Waals surface area contributed by atoms with Gasteiger partial charge in [0.05, 0.1) is 6.04 Å². The molecule has 0 saturated carbocycles. The third-order valence-electron chi connectivity index (χ3n) is 3.63. The van der Waals surface area contributed by atoms with E-state index < -0.39 is 0 Å². The lowest BCUT2D eigenvalue weighted by atomic mass is 10.00. The van der Waals surface area contributed by atoms with Crippen LogP contribution in [0.5, 0.6) is 0 Å². The van der Waals surface area contributed by atoms with Crippen LogP contribution in [-0.4, -0.2) is 6.54 Å². The number of hydrogen-bond acceptors (Lipinski definition) is 3. The van der Waals surface area contributed by atoms with Crippen LogP contribution in [0.1, 0.15) is 54.1 Å². The third kappa shape index (κ3) is 2.61. The molecule has 2 heterocycles. The lowest BCUT2D eigenvalue weighted by Crippen LogP contribution is -2.22. The van der Waals surface area contributed by atoms with Crippen molar-refractivity contribution in [3.05, 3.63) is 46.3 Å². The Balaban J connectivity index is 2.44. The largest absolute Gasteiger partial charge is 0.466 e. The van der Waals surface area contributed by atoms with Gasteiger partial charge in [-0.2, -0.15) is 0 Å². The summed E-state index contributed by atoms with van der Waals surface area (Å²) < 4.78 is 11.7. The summed E-state index contributed by atoms with van der Waals surface area (Å²) in [5, 5.41) is 3.49. The quantitative estimate of drug-likeness (QED) is 0.882. The Kier molecular flexibility index (Phi) is 4.15. The van der Waals surface area contributed by atoms with Gasteiger partial charge in [-0.15, -0.1) is 0 Å². The highest BCUT2D eigenvalue weighted by atomic mass is 16.3. The van der Waals surface area contributed by atoms with Crippen molar-refractivity contribution in [3.8, 4) is 0 Å². The molecule has 3 nitrogen and oxygen atoms in total. The van der Waals surface area contributed by atoms with Crippen molar-refractivity contribution < 1.29 is 8.83 Å². The van der Waals surface area contributed by atoms with Crippen molar-refractivity contribution in [2.75, 3.05) is 6.54 Å². The molecule has 0 saturated heterocycles. The minimum absolute atomic E-state index is 0.0720. The van der Waals surface area contributed by atoms with E-state index in [1.54, 1.807) is 0 Å². The zero-order valence-corrected chi connectivity index (χ0v) is 12.5. The second-order valence-electron chi connectivity index (χ2n) is 4.90. The van der Waals surface area contributed by atoms with Crippen molar-refractivity contribution in [2.45, 2.75) is 47.1 Å². The molecule has 0 aliphatic carbocycles. The minimum Gasteiger partial charge on any atom is -0.466 e. The van der Waals surface area contributed by atoms with E-state index >= 15 is 0 Å². The SMILES string of the molecule is CCNC(c1ccc(CC)o1)c1c(C)oc(C)c1C. The molecule has 0 aliphatic heterocycles. The lowest BCUT2D eigenvalue weighted by molar-refractivity contribution is 0.420. The number of rotatable bonds is 5. The molecule has 1 atom stereocenters. The normalized spacial score (nSPS) is 12.9. The highest BCUT2D eigenvalue weighted by Gasteiger charge is 2.24. The molecule has 0 amide bonds. The zero-order valence-electron chi connectivity index (χ0n) is 12.5. The fourth-order valence-corrected chi connectivity index (χ4v) is 2.52. The summed E-state index contributed by atoms with van der Waals surface area (Å²) in [7, 11) is 0. The van der Waals surface area contributed by atoms with Crippen molar-refractivity contribution in [1.29, 1.82) is 0 Å². The summed E-state index contributed by atoms with van der Waals surface area (Å²) in [6, 6.07) is 4.19. The van der Waals surface area contributed by atoms with Gasteiger partial charge in [-0.05, 0) is 45.0 Å². The predicted octanol–water partition coefficient (Wildman–Crippen LogP) is 4.06. The standard InChI is InChI=1S/C16H23NO2/c1-6-13-8-9-14(19-13)16(17-7-2)15-10(3)11(4)18-12(15)5/h8-9,16-17H,6-7H2,1-5H3. The second kappa shape index (κ2) is 5.66. The Morgan fingerprint density at radius 1 is 1.05 bits per heavy atom. The molecule has 0 spiro atoms.